The number of hydrogen-bond donors (Lipinski definition) is 1. The third-order valence-corrected chi connectivity index (χ3v) is 1.61. The Morgan fingerprint density at radius 1 is 1.33 bits per heavy atom. The van der Waals surface area contributed by atoms with Crippen molar-refractivity contribution in [2.24, 2.45) is 5.73 Å². The molecule has 1 aromatic heterocycles. The Morgan fingerprint density at radius 2 is 1.80 bits per heavy atom. The van der Waals surface area contributed by atoms with Gasteiger partial charge in [0.2, 0.25) is 0 Å². The van der Waals surface area contributed by atoms with Crippen LogP contribution < -0.4 is 5.73 Å². The van der Waals surface area contributed by atoms with Gasteiger partial charge in [-0.2, -0.15) is 0 Å². The lowest BCUT2D eigenvalue weighted by molar-refractivity contribution is 0.112. The molecule has 0 unspecified atom stereocenters. The summed E-state index contributed by atoms with van der Waals surface area (Å²) in [7, 11) is 1.50. The Labute approximate surface area is 98.4 Å². The molecule has 0 aliphatic rings. The maximum Gasteiger partial charge on any atom is 0.166 e. The highest BCUT2D eigenvalue weighted by molar-refractivity contribution is 6.34. The van der Waals surface area contributed by atoms with Crippen molar-refractivity contribution in [3.05, 3.63) is 27.8 Å². The molecule has 1 rings (SSSR count). The van der Waals surface area contributed by atoms with E-state index in [1.807, 2.05) is 13.8 Å². The molecule has 0 saturated carbocycles. The summed E-state index contributed by atoms with van der Waals surface area (Å²) in [4.78, 5) is 13.5. The summed E-state index contributed by atoms with van der Waals surface area (Å²) in [5.41, 5.74) is 4.49. The van der Waals surface area contributed by atoms with E-state index in [0.717, 1.165) is 6.07 Å². The number of pyridine rings is 1. The normalized spacial score (nSPS) is 7.93. The SMILES string of the molecule is CC.CN.O=Cc1cc(F)c(Cl)nc1Cl. The number of hydrogen-bond acceptors (Lipinski definition) is 3. The van der Waals surface area contributed by atoms with Crippen LogP contribution in [-0.2, 0) is 0 Å². The molecule has 0 bridgehead atoms. The summed E-state index contributed by atoms with van der Waals surface area (Å²) < 4.78 is 12.5. The van der Waals surface area contributed by atoms with Gasteiger partial charge in [-0.15, -0.1) is 0 Å². The first kappa shape index (κ1) is 16.7. The molecule has 3 nitrogen and oxygen atoms in total. The highest BCUT2D eigenvalue weighted by Crippen LogP contribution is 2.18. The van der Waals surface area contributed by atoms with Gasteiger partial charge in [-0.05, 0) is 13.1 Å². The Hall–Kier alpha value is -0.710. The minimum atomic E-state index is -0.752. The first-order chi connectivity index (χ1) is 7.15. The van der Waals surface area contributed by atoms with E-state index >= 15 is 0 Å². The molecule has 15 heavy (non-hydrogen) atoms. The fourth-order valence-electron chi connectivity index (χ4n) is 0.542. The fraction of sp³-hybridized carbons (Fsp3) is 0.333. The second kappa shape index (κ2) is 9.83. The molecule has 0 spiro atoms. The molecule has 0 aliphatic carbocycles. The van der Waals surface area contributed by atoms with Gasteiger partial charge in [0.05, 0.1) is 5.56 Å². The molecule has 2 N–H and O–H groups in total. The van der Waals surface area contributed by atoms with Crippen molar-refractivity contribution in [2.45, 2.75) is 13.8 Å². The summed E-state index contributed by atoms with van der Waals surface area (Å²) in [6, 6.07) is 0.935. The second-order valence-electron chi connectivity index (χ2n) is 1.76. The molecule has 0 aliphatic heterocycles. The predicted molar refractivity (Wildman–Crippen MR) is 61.1 cm³/mol. The van der Waals surface area contributed by atoms with Crippen molar-refractivity contribution < 1.29 is 9.18 Å². The summed E-state index contributed by atoms with van der Waals surface area (Å²) in [5, 5.41) is -0.424. The maximum atomic E-state index is 12.5. The van der Waals surface area contributed by atoms with Crippen LogP contribution in [0.25, 0.3) is 0 Å². The molecule has 1 heterocycles. The number of halogens is 3. The van der Waals surface area contributed by atoms with Gasteiger partial charge in [0.1, 0.15) is 5.15 Å². The number of aromatic nitrogens is 1. The molecule has 6 heteroatoms. The third kappa shape index (κ3) is 5.67. The molecule has 86 valence electrons. The predicted octanol–water partition coefficient (Wildman–Crippen LogP) is 2.94. The molecule has 0 saturated heterocycles. The first-order valence-electron chi connectivity index (χ1n) is 4.19. The minimum Gasteiger partial charge on any atom is -0.333 e. The van der Waals surface area contributed by atoms with E-state index in [0.29, 0.717) is 6.29 Å². The van der Waals surface area contributed by atoms with E-state index in [1.165, 1.54) is 7.05 Å². The van der Waals surface area contributed by atoms with Gasteiger partial charge in [0.25, 0.3) is 0 Å². The lowest BCUT2D eigenvalue weighted by Crippen LogP contribution is -1.90. The fourth-order valence-corrected chi connectivity index (χ4v) is 0.908. The van der Waals surface area contributed by atoms with E-state index < -0.39 is 5.82 Å². The van der Waals surface area contributed by atoms with Crippen molar-refractivity contribution in [3.63, 3.8) is 0 Å². The Balaban J connectivity index is 0. The van der Waals surface area contributed by atoms with Crippen LogP contribution in [0.5, 0.6) is 0 Å². The number of carbonyl (C=O) groups is 1. The van der Waals surface area contributed by atoms with Gasteiger partial charge in [-0.1, -0.05) is 37.0 Å². The highest BCUT2D eigenvalue weighted by atomic mass is 35.5. The third-order valence-electron chi connectivity index (χ3n) is 1.04. The Bertz CT molecular complexity index is 308. The molecule has 0 aromatic carbocycles. The van der Waals surface area contributed by atoms with Crippen LogP contribution >= 0.6 is 23.2 Å². The minimum absolute atomic E-state index is 0.00596. The number of carbonyl (C=O) groups excluding carboxylic acids is 1. The van der Waals surface area contributed by atoms with Gasteiger partial charge in [-0.25, -0.2) is 9.37 Å². The average Bonchev–Trinajstić information content (AvgIpc) is 2.29. The highest BCUT2D eigenvalue weighted by Gasteiger charge is 2.06. The lowest BCUT2D eigenvalue weighted by Gasteiger charge is -1.96. The van der Waals surface area contributed by atoms with Gasteiger partial charge in [-0.3, -0.25) is 4.79 Å². The van der Waals surface area contributed by atoms with Gasteiger partial charge >= 0.3 is 0 Å². The smallest absolute Gasteiger partial charge is 0.166 e. The lowest BCUT2D eigenvalue weighted by atomic mass is 10.3. The summed E-state index contributed by atoms with van der Waals surface area (Å²) >= 11 is 10.7. The molecule has 0 fully saturated rings. The van der Waals surface area contributed by atoms with Gasteiger partial charge in [0.15, 0.2) is 17.3 Å². The average molecular weight is 255 g/mol. The van der Waals surface area contributed by atoms with E-state index in [2.05, 4.69) is 10.7 Å². The molecule has 1 aromatic rings. The van der Waals surface area contributed by atoms with Crippen LogP contribution in [0, 0.1) is 5.82 Å². The van der Waals surface area contributed by atoms with Crippen LogP contribution in [0.4, 0.5) is 4.39 Å². The zero-order chi connectivity index (χ0) is 12.4. The molecular weight excluding hydrogens is 242 g/mol. The molecular formula is C9H13Cl2FN2O. The number of nitrogens with zero attached hydrogens (tertiary/aromatic N) is 1. The standard InChI is InChI=1S/C6H2Cl2FNO.C2H6.CH5N/c7-5-3(2-11)1-4(9)6(8)10-5;2*1-2/h1-2H;1-2H3;2H2,1H3. The van der Waals surface area contributed by atoms with E-state index in [4.69, 9.17) is 23.2 Å². The molecule has 0 radical (unpaired) electrons. The Morgan fingerprint density at radius 3 is 2.20 bits per heavy atom. The molecule has 0 atom stereocenters. The Kier molecular flexibility index (Phi) is 11.0. The van der Waals surface area contributed by atoms with Crippen molar-refractivity contribution >= 4 is 29.5 Å². The molecule has 0 amide bonds. The number of nitrogens with two attached hydrogens (primary N) is 1. The van der Waals surface area contributed by atoms with Crippen molar-refractivity contribution in [3.8, 4) is 0 Å². The monoisotopic (exact) mass is 254 g/mol. The van der Waals surface area contributed by atoms with Crippen LogP contribution in [0.15, 0.2) is 6.07 Å². The van der Waals surface area contributed by atoms with Crippen LogP contribution in [0.1, 0.15) is 24.2 Å². The zero-order valence-electron chi connectivity index (χ0n) is 8.72. The largest absolute Gasteiger partial charge is 0.333 e. The van der Waals surface area contributed by atoms with Gasteiger partial charge < -0.3 is 5.73 Å². The van der Waals surface area contributed by atoms with Crippen molar-refractivity contribution in [2.75, 3.05) is 7.05 Å². The van der Waals surface area contributed by atoms with Crippen LogP contribution in [-0.4, -0.2) is 18.3 Å². The van der Waals surface area contributed by atoms with E-state index in [-0.39, 0.29) is 15.9 Å². The van der Waals surface area contributed by atoms with Crippen molar-refractivity contribution in [1.29, 1.82) is 0 Å². The number of aldehydes is 1. The van der Waals surface area contributed by atoms with Crippen molar-refractivity contribution in [1.82, 2.24) is 4.98 Å². The van der Waals surface area contributed by atoms with Gasteiger partial charge in [0, 0.05) is 0 Å². The van der Waals surface area contributed by atoms with E-state index in [9.17, 15) is 9.18 Å². The summed E-state index contributed by atoms with van der Waals surface area (Å²) in [6.45, 7) is 4.00. The maximum absolute atomic E-state index is 12.5. The number of rotatable bonds is 1. The zero-order valence-corrected chi connectivity index (χ0v) is 10.2. The van der Waals surface area contributed by atoms with E-state index in [1.54, 1.807) is 0 Å². The quantitative estimate of drug-likeness (QED) is 0.620. The summed E-state index contributed by atoms with van der Waals surface area (Å²) in [5.74, 6) is -0.752. The van der Waals surface area contributed by atoms with Crippen LogP contribution in [0.2, 0.25) is 10.3 Å². The second-order valence-corrected chi connectivity index (χ2v) is 2.47. The topological polar surface area (TPSA) is 56.0 Å². The summed E-state index contributed by atoms with van der Waals surface area (Å²) in [6.07, 6.45) is 0.411. The van der Waals surface area contributed by atoms with Crippen LogP contribution in [0.3, 0.4) is 0 Å². The first-order valence-corrected chi connectivity index (χ1v) is 4.95.